The fourth-order valence-corrected chi connectivity index (χ4v) is 12.8. The Balaban J connectivity index is 2.00. The van der Waals surface area contributed by atoms with Crippen LogP contribution in [0, 0.1) is 3.57 Å². The topological polar surface area (TPSA) is 63.3 Å². The van der Waals surface area contributed by atoms with Crippen molar-refractivity contribution in [1.29, 1.82) is 0 Å². The third-order valence-electron chi connectivity index (χ3n) is 3.01. The molecule has 1 atom stereocenters. The van der Waals surface area contributed by atoms with Gasteiger partial charge in [-0.2, -0.15) is 0 Å². The van der Waals surface area contributed by atoms with Crippen LogP contribution in [-0.2, 0) is 4.79 Å². The zero-order valence-electron chi connectivity index (χ0n) is 11.0. The normalized spacial score (nSPS) is 22.2. The maximum absolute atomic E-state index is 12.6. The van der Waals surface area contributed by atoms with E-state index >= 15 is 0 Å². The molecule has 5 heteroatoms. The average molecular weight is 488 g/mol. The van der Waals surface area contributed by atoms with Gasteiger partial charge in [-0.05, 0) is 0 Å². The molecule has 0 saturated carbocycles. The molecule has 2 rings (SSSR count). The molecule has 3 N–H and O–H groups in total. The fourth-order valence-electron chi connectivity index (χ4n) is 1.93. The van der Waals surface area contributed by atoms with Crippen LogP contribution in [0.2, 0.25) is 0 Å². The first-order valence-corrected chi connectivity index (χ1v) is 12.6. The van der Waals surface area contributed by atoms with Gasteiger partial charge in [0.25, 0.3) is 0 Å². The predicted octanol–water partition coefficient (Wildman–Crippen LogP) is -1.19. The molecule has 1 aliphatic heterocycles. The second kappa shape index (κ2) is 6.82. The number of aliphatic hydroxyl groups excluding tert-OH is 1. The third-order valence-corrected chi connectivity index (χ3v) is 13.3. The van der Waals surface area contributed by atoms with Gasteiger partial charge in [0.1, 0.15) is 0 Å². The second-order valence-electron chi connectivity index (χ2n) is 4.80. The molecule has 1 aliphatic rings. The Labute approximate surface area is 132 Å². The van der Waals surface area contributed by atoms with Crippen molar-refractivity contribution in [2.75, 3.05) is 8.86 Å². The summed E-state index contributed by atoms with van der Waals surface area (Å²) in [6.07, 6.45) is 1.42. The van der Waals surface area contributed by atoms with Crippen LogP contribution in [0.25, 0.3) is 0 Å². The van der Waals surface area contributed by atoms with Gasteiger partial charge in [0, 0.05) is 0 Å². The summed E-state index contributed by atoms with van der Waals surface area (Å²) in [5.74, 6) is 0. The van der Waals surface area contributed by atoms with Crippen molar-refractivity contribution >= 4 is 23.6 Å². The molecule has 1 heterocycles. The van der Waals surface area contributed by atoms with Crippen molar-refractivity contribution in [2.45, 2.75) is 29.4 Å². The van der Waals surface area contributed by atoms with Gasteiger partial charge in [-0.3, -0.25) is 0 Å². The van der Waals surface area contributed by atoms with Crippen LogP contribution in [0.15, 0.2) is 30.3 Å². The SMILES string of the molecule is CC(N)([I-]c1ccccc1)C(=O)I1CCC(O)CC1. The van der Waals surface area contributed by atoms with Gasteiger partial charge in [0.2, 0.25) is 0 Å². The van der Waals surface area contributed by atoms with Crippen molar-refractivity contribution in [3.05, 3.63) is 33.9 Å². The van der Waals surface area contributed by atoms with E-state index < -0.39 is 44.6 Å². The maximum atomic E-state index is 12.6. The van der Waals surface area contributed by atoms with E-state index in [-0.39, 0.29) is 6.10 Å². The summed E-state index contributed by atoms with van der Waals surface area (Å²) < 4.78 is 2.82. The number of carbonyl (C=O) groups excluding carboxylic acids is 1. The molecule has 1 fully saturated rings. The minimum atomic E-state index is -1.61. The zero-order chi connectivity index (χ0) is 13.9. The summed E-state index contributed by atoms with van der Waals surface area (Å²) in [6, 6.07) is 10.1. The van der Waals surface area contributed by atoms with Gasteiger partial charge < -0.3 is 0 Å². The van der Waals surface area contributed by atoms with Crippen LogP contribution in [0.3, 0.4) is 0 Å². The second-order valence-corrected chi connectivity index (χ2v) is 14.6. The Hall–Kier alpha value is 0.270. The van der Waals surface area contributed by atoms with Crippen molar-refractivity contribution < 1.29 is 31.1 Å². The minimum absolute atomic E-state index is 0.186. The Kier molecular flexibility index (Phi) is 5.62. The van der Waals surface area contributed by atoms with Crippen molar-refractivity contribution in [3.8, 4) is 0 Å². The molecule has 0 amide bonds. The van der Waals surface area contributed by atoms with Crippen LogP contribution in [-0.4, -0.2) is 27.4 Å². The van der Waals surface area contributed by atoms with E-state index in [2.05, 4.69) is 12.1 Å². The summed E-state index contributed by atoms with van der Waals surface area (Å²) in [4.78, 5) is 12.6. The van der Waals surface area contributed by atoms with Gasteiger partial charge >= 0.3 is 133 Å². The quantitative estimate of drug-likeness (QED) is 0.243. The van der Waals surface area contributed by atoms with E-state index in [0.29, 0.717) is 3.79 Å². The summed E-state index contributed by atoms with van der Waals surface area (Å²) >= 11 is -2.10. The number of aliphatic hydroxyl groups is 1. The predicted molar refractivity (Wildman–Crippen MR) is 81.7 cm³/mol. The Morgan fingerprint density at radius 1 is 1.37 bits per heavy atom. The van der Waals surface area contributed by atoms with Crippen LogP contribution in [0.1, 0.15) is 19.8 Å². The van der Waals surface area contributed by atoms with Crippen LogP contribution < -0.4 is 26.9 Å². The van der Waals surface area contributed by atoms with Gasteiger partial charge in [-0.1, -0.05) is 0 Å². The van der Waals surface area contributed by atoms with E-state index in [1.54, 1.807) is 0 Å². The summed E-state index contributed by atoms with van der Waals surface area (Å²) in [5.41, 5.74) is 6.33. The molecule has 1 unspecified atom stereocenters. The third kappa shape index (κ3) is 4.37. The van der Waals surface area contributed by atoms with Crippen LogP contribution >= 0.6 is 19.8 Å². The van der Waals surface area contributed by atoms with Crippen molar-refractivity contribution in [1.82, 2.24) is 0 Å². The van der Waals surface area contributed by atoms with Crippen molar-refractivity contribution in [2.24, 2.45) is 5.73 Å². The van der Waals surface area contributed by atoms with E-state index in [9.17, 15) is 9.90 Å². The molecule has 0 aliphatic carbocycles. The Morgan fingerprint density at radius 3 is 2.53 bits per heavy atom. The standard InChI is InChI=1S/C14H20I2NO2/c1-14(17,15-11-5-3-2-4-6-11)13(19)16-9-7-12(18)8-10-16/h2-6,12,18H,7-10,17H2,1H3/q-1. The number of alkyl halides is 3. The first-order valence-electron chi connectivity index (χ1n) is 6.33. The molecule has 3 nitrogen and oxygen atoms in total. The number of rotatable bonds is 4. The average Bonchev–Trinajstić information content (AvgIpc) is 2.39. The van der Waals surface area contributed by atoms with E-state index in [1.165, 1.54) is 3.57 Å². The molecule has 1 aromatic rings. The first-order chi connectivity index (χ1) is 8.99. The molecule has 0 bridgehead atoms. The number of hydrogen-bond donors (Lipinski definition) is 2. The van der Waals surface area contributed by atoms with Crippen LogP contribution in [0.5, 0.6) is 0 Å². The molecule has 1 saturated heterocycles. The van der Waals surface area contributed by atoms with Crippen molar-refractivity contribution in [3.63, 3.8) is 0 Å². The number of benzene rings is 1. The molecule has 108 valence electrons. The van der Waals surface area contributed by atoms with Crippen LogP contribution in [0.4, 0.5) is 0 Å². The monoisotopic (exact) mass is 488 g/mol. The molecular formula is C14H20I2NO2-. The molecule has 0 spiro atoms. The molecule has 19 heavy (non-hydrogen) atoms. The molecule has 0 aromatic heterocycles. The van der Waals surface area contributed by atoms with Gasteiger partial charge in [0.05, 0.1) is 0 Å². The molecule has 1 aromatic carbocycles. The number of nitrogens with two attached hydrogens (primary N) is 1. The van der Waals surface area contributed by atoms with E-state index in [1.807, 2.05) is 25.1 Å². The Bertz CT molecular complexity index is 428. The molecular weight excluding hydrogens is 468 g/mol. The number of hydrogen-bond acceptors (Lipinski definition) is 3. The fraction of sp³-hybridized carbons (Fsp3) is 0.500. The summed E-state index contributed by atoms with van der Waals surface area (Å²) in [7, 11) is 0. The van der Waals surface area contributed by atoms with Gasteiger partial charge in [0.15, 0.2) is 0 Å². The molecule has 0 radical (unpaired) electrons. The Morgan fingerprint density at radius 2 is 1.95 bits per heavy atom. The van der Waals surface area contributed by atoms with Gasteiger partial charge in [-0.15, -0.1) is 0 Å². The number of carbonyl (C=O) groups is 1. The van der Waals surface area contributed by atoms with E-state index in [0.717, 1.165) is 21.7 Å². The summed E-state index contributed by atoms with van der Waals surface area (Å²) in [5, 5.41) is 9.54. The summed E-state index contributed by atoms with van der Waals surface area (Å²) in [6.45, 7) is 1.91. The number of halogens is 2. The van der Waals surface area contributed by atoms with Gasteiger partial charge in [-0.25, -0.2) is 0 Å². The zero-order valence-corrected chi connectivity index (χ0v) is 15.3. The van der Waals surface area contributed by atoms with E-state index in [4.69, 9.17) is 5.73 Å². The first kappa shape index (κ1) is 15.7.